The molecule has 0 atom stereocenters. The van der Waals surface area contributed by atoms with Crippen LogP contribution in [0.2, 0.25) is 0 Å². The number of hydrogen-bond donors (Lipinski definition) is 1. The van der Waals surface area contributed by atoms with Gasteiger partial charge in [0.1, 0.15) is 4.83 Å². The van der Waals surface area contributed by atoms with Gasteiger partial charge in [0.15, 0.2) is 4.77 Å². The van der Waals surface area contributed by atoms with Crippen LogP contribution >= 0.6 is 23.6 Å². The SMILES string of the molecule is Cc1sc2[nH]c(=S)n(-c3ccc(C4CC4)c4ccccc34)c(=O)c2c1C. The normalized spacial score (nSPS) is 14.4. The zero-order valence-electron chi connectivity index (χ0n) is 14.6. The number of nitrogens with one attached hydrogen (secondary N) is 1. The highest BCUT2D eigenvalue weighted by Gasteiger charge is 2.26. The topological polar surface area (TPSA) is 37.8 Å². The number of aryl methyl sites for hydroxylation is 2. The summed E-state index contributed by atoms with van der Waals surface area (Å²) < 4.78 is 2.11. The third-order valence-corrected chi connectivity index (χ3v) is 6.83. The molecule has 1 N–H and O–H groups in total. The Kier molecular flexibility index (Phi) is 3.46. The minimum absolute atomic E-state index is 0.0325. The second kappa shape index (κ2) is 5.63. The summed E-state index contributed by atoms with van der Waals surface area (Å²) in [6.07, 6.45) is 2.51. The Morgan fingerprint density at radius 3 is 2.58 bits per heavy atom. The summed E-state index contributed by atoms with van der Waals surface area (Å²) in [5.74, 6) is 0.657. The standard InChI is InChI=1S/C21H18N2OS2/c1-11-12(2)26-19-18(11)20(24)23(21(25)22-19)17-10-9-14(13-7-8-13)15-5-3-4-6-16(15)17/h3-6,9-10,13H,7-8H2,1-2H3,(H,22,25). The first-order valence-electron chi connectivity index (χ1n) is 8.83. The quantitative estimate of drug-likeness (QED) is 0.451. The predicted molar refractivity (Wildman–Crippen MR) is 112 cm³/mol. The molecule has 1 saturated carbocycles. The van der Waals surface area contributed by atoms with Gasteiger partial charge in [0.2, 0.25) is 0 Å². The van der Waals surface area contributed by atoms with Crippen LogP contribution in [0.3, 0.4) is 0 Å². The minimum Gasteiger partial charge on any atom is -0.323 e. The van der Waals surface area contributed by atoms with Crippen molar-refractivity contribution in [3.8, 4) is 5.69 Å². The Morgan fingerprint density at radius 1 is 1.12 bits per heavy atom. The summed E-state index contributed by atoms with van der Waals surface area (Å²) in [6, 6.07) is 12.6. The van der Waals surface area contributed by atoms with Crippen LogP contribution in [0.5, 0.6) is 0 Å². The van der Waals surface area contributed by atoms with Gasteiger partial charge in [-0.15, -0.1) is 11.3 Å². The van der Waals surface area contributed by atoms with Crippen LogP contribution in [-0.4, -0.2) is 9.55 Å². The van der Waals surface area contributed by atoms with Crippen molar-refractivity contribution in [2.24, 2.45) is 0 Å². The van der Waals surface area contributed by atoms with Crippen molar-refractivity contribution in [3.63, 3.8) is 0 Å². The summed E-state index contributed by atoms with van der Waals surface area (Å²) in [6.45, 7) is 4.05. The minimum atomic E-state index is -0.0325. The Morgan fingerprint density at radius 2 is 1.85 bits per heavy atom. The second-order valence-electron chi connectivity index (χ2n) is 7.05. The Hall–Kier alpha value is -2.24. The first-order chi connectivity index (χ1) is 12.6. The molecule has 0 radical (unpaired) electrons. The predicted octanol–water partition coefficient (Wildman–Crippen LogP) is 5.76. The van der Waals surface area contributed by atoms with Gasteiger partial charge in [0, 0.05) is 10.3 Å². The molecule has 1 aliphatic rings. The van der Waals surface area contributed by atoms with E-state index < -0.39 is 0 Å². The number of thiophene rings is 1. The van der Waals surface area contributed by atoms with Gasteiger partial charge < -0.3 is 4.98 Å². The third-order valence-electron chi connectivity index (χ3n) is 5.42. The molecule has 1 fully saturated rings. The van der Waals surface area contributed by atoms with Crippen molar-refractivity contribution < 1.29 is 0 Å². The first-order valence-corrected chi connectivity index (χ1v) is 10.1. The van der Waals surface area contributed by atoms with Crippen LogP contribution in [0.4, 0.5) is 0 Å². The number of rotatable bonds is 2. The van der Waals surface area contributed by atoms with E-state index in [2.05, 4.69) is 35.3 Å². The van der Waals surface area contributed by atoms with E-state index in [1.165, 1.54) is 23.8 Å². The molecule has 0 spiro atoms. The average molecular weight is 379 g/mol. The van der Waals surface area contributed by atoms with E-state index in [-0.39, 0.29) is 5.56 Å². The number of fused-ring (bicyclic) bond motifs is 2. The largest absolute Gasteiger partial charge is 0.323 e. The first kappa shape index (κ1) is 16.0. The Labute approximate surface area is 159 Å². The van der Waals surface area contributed by atoms with Gasteiger partial charge in [-0.2, -0.15) is 0 Å². The summed E-state index contributed by atoms with van der Waals surface area (Å²) in [4.78, 5) is 18.6. The number of aromatic nitrogens is 2. The van der Waals surface area contributed by atoms with Gasteiger partial charge >= 0.3 is 0 Å². The van der Waals surface area contributed by atoms with Crippen molar-refractivity contribution in [1.82, 2.24) is 9.55 Å². The maximum Gasteiger partial charge on any atom is 0.267 e. The molecule has 130 valence electrons. The zero-order valence-corrected chi connectivity index (χ0v) is 16.3. The van der Waals surface area contributed by atoms with Gasteiger partial charge in [-0.1, -0.05) is 30.3 Å². The molecule has 4 aromatic rings. The summed E-state index contributed by atoms with van der Waals surface area (Å²) in [7, 11) is 0. The summed E-state index contributed by atoms with van der Waals surface area (Å²) in [5, 5.41) is 3.06. The van der Waals surface area contributed by atoms with Crippen LogP contribution in [0.25, 0.3) is 26.7 Å². The molecular weight excluding hydrogens is 360 g/mol. The lowest BCUT2D eigenvalue weighted by atomic mass is 9.99. The lowest BCUT2D eigenvalue weighted by Gasteiger charge is -2.13. The zero-order chi connectivity index (χ0) is 18.0. The van der Waals surface area contributed by atoms with Crippen LogP contribution in [0, 0.1) is 18.6 Å². The molecule has 3 nitrogen and oxygen atoms in total. The van der Waals surface area contributed by atoms with E-state index in [0.717, 1.165) is 31.7 Å². The van der Waals surface area contributed by atoms with E-state index in [1.807, 2.05) is 19.9 Å². The van der Waals surface area contributed by atoms with Crippen molar-refractivity contribution in [2.75, 3.05) is 0 Å². The Bertz CT molecular complexity index is 1310. The molecule has 26 heavy (non-hydrogen) atoms. The molecule has 0 aliphatic heterocycles. The molecule has 0 unspecified atom stereocenters. The van der Waals surface area contributed by atoms with Gasteiger partial charge in [-0.05, 0) is 67.4 Å². The number of H-pyrrole nitrogens is 1. The van der Waals surface area contributed by atoms with Gasteiger partial charge in [-0.25, -0.2) is 0 Å². The molecule has 5 heteroatoms. The maximum atomic E-state index is 13.3. The van der Waals surface area contributed by atoms with Crippen molar-refractivity contribution >= 4 is 44.5 Å². The fourth-order valence-corrected chi connectivity index (χ4v) is 5.20. The van der Waals surface area contributed by atoms with E-state index in [4.69, 9.17) is 12.2 Å². The molecule has 5 rings (SSSR count). The number of benzene rings is 2. The Balaban J connectivity index is 1.90. The molecule has 2 aromatic carbocycles. The molecular formula is C21H18N2OS2. The molecule has 0 bridgehead atoms. The van der Waals surface area contributed by atoms with Crippen molar-refractivity contribution in [2.45, 2.75) is 32.6 Å². The highest BCUT2D eigenvalue weighted by atomic mass is 32.1. The number of nitrogens with zero attached hydrogens (tertiary/aromatic N) is 1. The van der Waals surface area contributed by atoms with Crippen LogP contribution in [0.15, 0.2) is 41.2 Å². The van der Waals surface area contributed by atoms with Gasteiger partial charge in [0.25, 0.3) is 5.56 Å². The lowest BCUT2D eigenvalue weighted by Crippen LogP contribution is -2.20. The molecule has 2 aromatic heterocycles. The highest BCUT2D eigenvalue weighted by molar-refractivity contribution is 7.71. The van der Waals surface area contributed by atoms with Gasteiger partial charge in [0.05, 0.1) is 11.1 Å². The summed E-state index contributed by atoms with van der Waals surface area (Å²) in [5.41, 5.74) is 3.25. The lowest BCUT2D eigenvalue weighted by molar-refractivity contribution is 0.948. The van der Waals surface area contributed by atoms with Crippen LogP contribution < -0.4 is 5.56 Å². The van der Waals surface area contributed by atoms with E-state index in [1.54, 1.807) is 15.9 Å². The third kappa shape index (κ3) is 2.24. The smallest absolute Gasteiger partial charge is 0.267 e. The number of hydrogen-bond acceptors (Lipinski definition) is 3. The van der Waals surface area contributed by atoms with Crippen molar-refractivity contribution in [3.05, 3.63) is 67.5 Å². The molecule has 0 saturated heterocycles. The van der Waals surface area contributed by atoms with Crippen LogP contribution in [-0.2, 0) is 0 Å². The molecule has 1 aliphatic carbocycles. The maximum absolute atomic E-state index is 13.3. The number of aromatic amines is 1. The van der Waals surface area contributed by atoms with E-state index in [9.17, 15) is 4.79 Å². The van der Waals surface area contributed by atoms with Gasteiger partial charge in [-0.3, -0.25) is 9.36 Å². The fourth-order valence-electron chi connectivity index (χ4n) is 3.80. The van der Waals surface area contributed by atoms with E-state index >= 15 is 0 Å². The monoisotopic (exact) mass is 378 g/mol. The fraction of sp³-hybridized carbons (Fsp3) is 0.238. The molecule has 2 heterocycles. The van der Waals surface area contributed by atoms with Crippen molar-refractivity contribution in [1.29, 1.82) is 0 Å². The van der Waals surface area contributed by atoms with Crippen LogP contribution in [0.1, 0.15) is 34.8 Å². The van der Waals surface area contributed by atoms with E-state index in [0.29, 0.717) is 10.7 Å². The average Bonchev–Trinajstić information content (AvgIpc) is 3.42. The second-order valence-corrected chi connectivity index (χ2v) is 8.66. The molecule has 0 amide bonds. The highest BCUT2D eigenvalue weighted by Crippen LogP contribution is 2.44. The summed E-state index contributed by atoms with van der Waals surface area (Å²) >= 11 is 7.17.